The second kappa shape index (κ2) is 12.7. The van der Waals surface area contributed by atoms with Crippen molar-refractivity contribution < 1.29 is 22.0 Å². The molecule has 0 amide bonds. The summed E-state index contributed by atoms with van der Waals surface area (Å²) in [5, 5.41) is 3.11. The molecular formula is C25H27F5N4S. The van der Waals surface area contributed by atoms with Crippen LogP contribution in [0, 0.1) is 6.92 Å². The number of nitrogens with one attached hydrogen (secondary N) is 1. The maximum Gasteiger partial charge on any atom is 0.421 e. The molecule has 2 aromatic carbocycles. The Balaban J connectivity index is 0.00000108. The lowest BCUT2D eigenvalue weighted by molar-refractivity contribution is -0.137. The van der Waals surface area contributed by atoms with Crippen LogP contribution < -0.4 is 10.2 Å². The second-order valence-corrected chi connectivity index (χ2v) is 9.00. The minimum absolute atomic E-state index is 0.0395. The summed E-state index contributed by atoms with van der Waals surface area (Å²) in [6, 6.07) is 16.2. The molecule has 0 atom stereocenters. The van der Waals surface area contributed by atoms with Gasteiger partial charge in [-0.2, -0.15) is 18.2 Å². The lowest BCUT2D eigenvalue weighted by Crippen LogP contribution is -2.32. The number of anilines is 3. The van der Waals surface area contributed by atoms with Gasteiger partial charge in [-0.25, -0.2) is 13.8 Å². The average molecular weight is 511 g/mol. The molecule has 0 saturated carbocycles. The molecule has 0 spiro atoms. The van der Waals surface area contributed by atoms with E-state index in [0.29, 0.717) is 13.1 Å². The highest BCUT2D eigenvalue weighted by atomic mass is 32.2. The molecule has 10 heteroatoms. The van der Waals surface area contributed by atoms with Gasteiger partial charge in [0.2, 0.25) is 12.9 Å². The van der Waals surface area contributed by atoms with Crippen molar-refractivity contribution in [3.8, 4) is 0 Å². The van der Waals surface area contributed by atoms with Crippen LogP contribution >= 0.6 is 11.8 Å². The van der Waals surface area contributed by atoms with Crippen molar-refractivity contribution in [1.82, 2.24) is 9.97 Å². The number of alkyl halides is 5. The van der Waals surface area contributed by atoms with Gasteiger partial charge in [-0.05, 0) is 55.5 Å². The maximum atomic E-state index is 13.5. The van der Waals surface area contributed by atoms with E-state index in [1.807, 2.05) is 37.3 Å². The first-order valence-corrected chi connectivity index (χ1v) is 12.2. The molecule has 35 heavy (non-hydrogen) atoms. The van der Waals surface area contributed by atoms with Crippen LogP contribution in [0.1, 0.15) is 36.0 Å². The Hall–Kier alpha value is -2.88. The van der Waals surface area contributed by atoms with E-state index in [2.05, 4.69) is 33.5 Å². The summed E-state index contributed by atoms with van der Waals surface area (Å²) in [4.78, 5) is 11.1. The van der Waals surface area contributed by atoms with E-state index in [1.165, 1.54) is 5.56 Å². The third-order valence-electron chi connectivity index (χ3n) is 5.42. The Bertz CT molecular complexity index is 1070. The van der Waals surface area contributed by atoms with E-state index in [4.69, 9.17) is 0 Å². The Morgan fingerprint density at radius 2 is 1.69 bits per heavy atom. The lowest BCUT2D eigenvalue weighted by atomic mass is 10.1. The van der Waals surface area contributed by atoms with Gasteiger partial charge < -0.3 is 10.2 Å². The van der Waals surface area contributed by atoms with Gasteiger partial charge in [-0.15, -0.1) is 11.8 Å². The number of piperidine rings is 1. The zero-order chi connectivity index (χ0) is 25.3. The molecule has 0 aliphatic carbocycles. The normalized spacial score (nSPS) is 13.7. The number of nitrogens with zero attached hydrogens (tertiary/aromatic N) is 3. The molecule has 1 aromatic heterocycles. The molecule has 4 rings (SSSR count). The van der Waals surface area contributed by atoms with Crippen molar-refractivity contribution in [1.29, 1.82) is 0 Å². The molecule has 188 valence electrons. The number of aromatic nitrogens is 2. The number of thioether (sulfide) groups is 1. The van der Waals surface area contributed by atoms with E-state index < -0.39 is 18.7 Å². The molecule has 1 N–H and O–H groups in total. The number of halogens is 5. The van der Waals surface area contributed by atoms with Crippen LogP contribution in [0.15, 0.2) is 59.6 Å². The predicted molar refractivity (Wildman–Crippen MR) is 131 cm³/mol. The van der Waals surface area contributed by atoms with E-state index in [9.17, 15) is 22.0 Å². The van der Waals surface area contributed by atoms with Gasteiger partial charge in [-0.1, -0.05) is 30.3 Å². The van der Waals surface area contributed by atoms with Gasteiger partial charge in [0.25, 0.3) is 0 Å². The fourth-order valence-electron chi connectivity index (χ4n) is 3.71. The topological polar surface area (TPSA) is 41.1 Å². The number of hydrogen-bond donors (Lipinski definition) is 1. The van der Waals surface area contributed by atoms with Gasteiger partial charge in [0.05, 0.1) is 0 Å². The monoisotopic (exact) mass is 510 g/mol. The van der Waals surface area contributed by atoms with Gasteiger partial charge in [0.1, 0.15) is 11.4 Å². The zero-order valence-corrected chi connectivity index (χ0v) is 20.1. The van der Waals surface area contributed by atoms with Crippen molar-refractivity contribution in [2.24, 2.45) is 0 Å². The van der Waals surface area contributed by atoms with Crippen LogP contribution in [0.25, 0.3) is 0 Å². The molecule has 3 aromatic rings. The molecule has 0 unspecified atom stereocenters. The fraction of sp³-hybridized carbons (Fsp3) is 0.360. The molecule has 1 saturated heterocycles. The standard InChI is InChI=1S/C24H25F3N4S.CH2F2/c1-17-14-19(32-16-18-8-4-2-5-9-18)10-11-21(17)29-23-28-15-20(24(25,26)27)22(30-23)31-12-6-3-7-13-31;2-1-3/h2,4-5,8-11,14-15H,3,6-7,12-13,16H2,1H3,(H,28,29,30);1H2. The number of benzene rings is 2. The number of rotatable bonds is 6. The summed E-state index contributed by atoms with van der Waals surface area (Å²) in [6.45, 7) is 1.36. The Kier molecular flexibility index (Phi) is 9.71. The van der Waals surface area contributed by atoms with Crippen LogP contribution in [0.2, 0.25) is 0 Å². The molecule has 0 radical (unpaired) electrons. The van der Waals surface area contributed by atoms with E-state index in [1.54, 1.807) is 16.7 Å². The van der Waals surface area contributed by atoms with Crippen LogP contribution in [-0.4, -0.2) is 30.0 Å². The average Bonchev–Trinajstić information content (AvgIpc) is 2.85. The number of aryl methyl sites for hydroxylation is 1. The minimum atomic E-state index is -4.49. The third-order valence-corrected chi connectivity index (χ3v) is 6.49. The SMILES string of the molecule is Cc1cc(SCc2ccccc2)ccc1Nc1ncc(C(F)(F)F)c(N2CCCCC2)n1.FCF. The summed E-state index contributed by atoms with van der Waals surface area (Å²) in [5.74, 6) is 1.00. The molecule has 1 aliphatic rings. The highest BCUT2D eigenvalue weighted by molar-refractivity contribution is 7.98. The van der Waals surface area contributed by atoms with Crippen molar-refractivity contribution >= 4 is 29.2 Å². The summed E-state index contributed by atoms with van der Waals surface area (Å²) in [5.41, 5.74) is 2.22. The summed E-state index contributed by atoms with van der Waals surface area (Å²) in [6.07, 6.45) is -0.837. The highest BCUT2D eigenvalue weighted by Gasteiger charge is 2.37. The van der Waals surface area contributed by atoms with Gasteiger partial charge in [0, 0.05) is 35.6 Å². The summed E-state index contributed by atoms with van der Waals surface area (Å²) in [7, 11) is 0. The highest BCUT2D eigenvalue weighted by Crippen LogP contribution is 2.37. The van der Waals surface area contributed by atoms with Crippen molar-refractivity contribution in [2.75, 3.05) is 30.2 Å². The molecule has 2 heterocycles. The van der Waals surface area contributed by atoms with Gasteiger partial charge in [-0.3, -0.25) is 0 Å². The van der Waals surface area contributed by atoms with Crippen molar-refractivity contribution in [3.05, 3.63) is 71.4 Å². The molecular weight excluding hydrogens is 483 g/mol. The first-order chi connectivity index (χ1) is 16.8. The minimum Gasteiger partial charge on any atom is -0.356 e. The Morgan fingerprint density at radius 3 is 2.31 bits per heavy atom. The lowest BCUT2D eigenvalue weighted by Gasteiger charge is -2.30. The van der Waals surface area contributed by atoms with Gasteiger partial charge in [0.15, 0.2) is 0 Å². The molecule has 1 fully saturated rings. The predicted octanol–water partition coefficient (Wildman–Crippen LogP) is 7.71. The second-order valence-electron chi connectivity index (χ2n) is 7.95. The smallest absolute Gasteiger partial charge is 0.356 e. The van der Waals surface area contributed by atoms with E-state index in [-0.39, 0.29) is 11.8 Å². The zero-order valence-electron chi connectivity index (χ0n) is 19.3. The first-order valence-electron chi connectivity index (χ1n) is 11.2. The fourth-order valence-corrected chi connectivity index (χ4v) is 4.66. The van der Waals surface area contributed by atoms with Gasteiger partial charge >= 0.3 is 6.18 Å². The molecule has 1 aliphatic heterocycles. The maximum absolute atomic E-state index is 13.5. The quantitative estimate of drug-likeness (QED) is 0.272. The molecule has 4 nitrogen and oxygen atoms in total. The summed E-state index contributed by atoms with van der Waals surface area (Å²) < 4.78 is 59.9. The first kappa shape index (κ1) is 26.7. The largest absolute Gasteiger partial charge is 0.421 e. The van der Waals surface area contributed by atoms with Crippen LogP contribution in [-0.2, 0) is 11.9 Å². The Labute approximate surface area is 206 Å². The number of hydrogen-bond acceptors (Lipinski definition) is 5. The van der Waals surface area contributed by atoms with E-state index in [0.717, 1.165) is 47.4 Å². The van der Waals surface area contributed by atoms with Crippen molar-refractivity contribution in [3.63, 3.8) is 0 Å². The van der Waals surface area contributed by atoms with Crippen LogP contribution in [0.5, 0.6) is 0 Å². The van der Waals surface area contributed by atoms with Crippen LogP contribution in [0.3, 0.4) is 0 Å². The molecule has 0 bridgehead atoms. The van der Waals surface area contributed by atoms with E-state index >= 15 is 0 Å². The third kappa shape index (κ3) is 7.81. The van der Waals surface area contributed by atoms with Crippen LogP contribution in [0.4, 0.5) is 39.4 Å². The Morgan fingerprint density at radius 1 is 1.00 bits per heavy atom. The van der Waals surface area contributed by atoms with Crippen molar-refractivity contribution in [2.45, 2.75) is 43.0 Å². The summed E-state index contributed by atoms with van der Waals surface area (Å²) >= 11 is 1.74.